The van der Waals surface area contributed by atoms with Gasteiger partial charge in [-0.05, 0) is 6.92 Å². The van der Waals surface area contributed by atoms with Crippen molar-refractivity contribution in [3.8, 4) is 5.92 Å². The van der Waals surface area contributed by atoms with Gasteiger partial charge >= 0.3 is 19.5 Å². The van der Waals surface area contributed by atoms with E-state index in [2.05, 4.69) is 0 Å². The predicted octanol–water partition coefficient (Wildman–Crippen LogP) is -2.40. The summed E-state index contributed by atoms with van der Waals surface area (Å²) in [5.74, 6) is 2.00. The molecule has 0 aliphatic heterocycles. The standard InChI is InChI=1S/C3H3.ClH.Zn/c1-3-2;;/h1H3;1H;/q-1;;+2/p-1. The van der Waals surface area contributed by atoms with E-state index in [-0.39, 0.29) is 31.9 Å². The molecule has 0 aliphatic rings. The molecule has 0 saturated carbocycles. The number of rotatable bonds is 0. The Morgan fingerprint density at radius 2 is 1.60 bits per heavy atom. The molecule has 24 valence electrons. The second kappa shape index (κ2) is 24.9. The zero-order valence-corrected chi connectivity index (χ0v) is 6.81. The molecule has 0 heterocycles. The van der Waals surface area contributed by atoms with E-state index in [0.29, 0.717) is 0 Å². The summed E-state index contributed by atoms with van der Waals surface area (Å²) in [6, 6.07) is 0. The summed E-state index contributed by atoms with van der Waals surface area (Å²) in [4.78, 5) is 0. The Balaban J connectivity index is -0.0000000200. The third-order valence-corrected chi connectivity index (χ3v) is 0. The van der Waals surface area contributed by atoms with Crippen molar-refractivity contribution in [3.05, 3.63) is 6.42 Å². The van der Waals surface area contributed by atoms with Crippen molar-refractivity contribution in [2.45, 2.75) is 6.92 Å². The van der Waals surface area contributed by atoms with E-state index in [1.54, 1.807) is 6.92 Å². The van der Waals surface area contributed by atoms with Crippen LogP contribution in [0.5, 0.6) is 0 Å². The second-order valence-corrected chi connectivity index (χ2v) is 0.250. The zero-order chi connectivity index (χ0) is 2.71. The third-order valence-electron chi connectivity index (χ3n) is 0. The van der Waals surface area contributed by atoms with Crippen molar-refractivity contribution in [3.63, 3.8) is 0 Å². The topological polar surface area (TPSA) is 0 Å². The monoisotopic (exact) mass is 138 g/mol. The van der Waals surface area contributed by atoms with Crippen LogP contribution in [0.15, 0.2) is 0 Å². The molecule has 0 amide bonds. The minimum absolute atomic E-state index is 0. The summed E-state index contributed by atoms with van der Waals surface area (Å²) in [5, 5.41) is 0. The smallest absolute Gasteiger partial charge is 1.00 e. The summed E-state index contributed by atoms with van der Waals surface area (Å²) >= 11 is 0. The molecule has 0 aliphatic carbocycles. The molecule has 0 aromatic heterocycles. The van der Waals surface area contributed by atoms with Crippen molar-refractivity contribution in [2.75, 3.05) is 0 Å². The van der Waals surface area contributed by atoms with E-state index in [1.807, 2.05) is 5.92 Å². The minimum atomic E-state index is 0. The molecule has 0 unspecified atom stereocenters. The van der Waals surface area contributed by atoms with Crippen molar-refractivity contribution in [1.29, 1.82) is 0 Å². The van der Waals surface area contributed by atoms with Crippen LogP contribution in [-0.2, 0) is 19.5 Å². The Bertz CT molecular complexity index is 28.4. The van der Waals surface area contributed by atoms with Gasteiger partial charge in [-0.15, -0.1) is 0 Å². The fourth-order valence-electron chi connectivity index (χ4n) is 0. The first-order chi connectivity index (χ1) is 1.41. The summed E-state index contributed by atoms with van der Waals surface area (Å²) in [5.41, 5.74) is 0. The van der Waals surface area contributed by atoms with Crippen LogP contribution in [-0.4, -0.2) is 0 Å². The normalized spacial score (nSPS) is 1.60. The molecule has 0 spiro atoms. The fourth-order valence-corrected chi connectivity index (χ4v) is 0. The Morgan fingerprint density at radius 1 is 1.60 bits per heavy atom. The maximum atomic E-state index is 5.96. The van der Waals surface area contributed by atoms with Gasteiger partial charge in [0.15, 0.2) is 0 Å². The average Bonchev–Trinajstić information content (AvgIpc) is 0.918. The van der Waals surface area contributed by atoms with Gasteiger partial charge in [0.1, 0.15) is 0 Å². The van der Waals surface area contributed by atoms with E-state index in [4.69, 9.17) is 6.42 Å². The van der Waals surface area contributed by atoms with Gasteiger partial charge in [0.2, 0.25) is 0 Å². The van der Waals surface area contributed by atoms with Gasteiger partial charge in [-0.25, -0.2) is 0 Å². The summed E-state index contributed by atoms with van der Waals surface area (Å²) in [6.07, 6.45) is 5.96. The molecule has 0 aromatic carbocycles. The third kappa shape index (κ3) is 122. The van der Waals surface area contributed by atoms with Crippen LogP contribution < -0.4 is 12.4 Å². The van der Waals surface area contributed by atoms with Gasteiger partial charge in [-0.1, -0.05) is 0 Å². The summed E-state index contributed by atoms with van der Waals surface area (Å²) in [7, 11) is 0. The van der Waals surface area contributed by atoms with E-state index in [1.165, 1.54) is 0 Å². The SMILES string of the molecule is [C-]#CC.[Cl-].[Zn+2]. The first kappa shape index (κ1) is 17.9. The van der Waals surface area contributed by atoms with Crippen LogP contribution in [0.2, 0.25) is 0 Å². The minimum Gasteiger partial charge on any atom is -1.00 e. The first-order valence-corrected chi connectivity index (χ1v) is 0.750. The molecule has 5 heavy (non-hydrogen) atoms. The van der Waals surface area contributed by atoms with Crippen molar-refractivity contribution < 1.29 is 31.9 Å². The Hall–Kier alpha value is 0.473. The van der Waals surface area contributed by atoms with E-state index in [0.717, 1.165) is 0 Å². The average molecular weight is 140 g/mol. The van der Waals surface area contributed by atoms with Crippen LogP contribution in [0.25, 0.3) is 0 Å². The maximum absolute atomic E-state index is 5.96. The summed E-state index contributed by atoms with van der Waals surface area (Å²) < 4.78 is 0. The Kier molecular flexibility index (Phi) is 89.0. The van der Waals surface area contributed by atoms with Crippen molar-refractivity contribution in [2.24, 2.45) is 0 Å². The van der Waals surface area contributed by atoms with Gasteiger partial charge in [0.05, 0.1) is 0 Å². The van der Waals surface area contributed by atoms with E-state index < -0.39 is 0 Å². The predicted molar refractivity (Wildman–Crippen MR) is 12.8 cm³/mol. The maximum Gasteiger partial charge on any atom is 2.00 e. The molecule has 0 nitrogen and oxygen atoms in total. The molecule has 0 bridgehead atoms. The van der Waals surface area contributed by atoms with Gasteiger partial charge in [0.25, 0.3) is 0 Å². The second-order valence-electron chi connectivity index (χ2n) is 0.250. The zero-order valence-electron chi connectivity index (χ0n) is 3.09. The van der Waals surface area contributed by atoms with Crippen LogP contribution in [0, 0.1) is 12.3 Å². The molecule has 0 aromatic rings. The molecule has 0 saturated heterocycles. The molecule has 0 N–H and O–H groups in total. The molecule has 0 fully saturated rings. The van der Waals surface area contributed by atoms with Crippen LogP contribution in [0.4, 0.5) is 0 Å². The summed E-state index contributed by atoms with van der Waals surface area (Å²) in [6.45, 7) is 1.54. The van der Waals surface area contributed by atoms with Crippen LogP contribution >= 0.6 is 0 Å². The van der Waals surface area contributed by atoms with Gasteiger partial charge < -0.3 is 24.8 Å². The van der Waals surface area contributed by atoms with E-state index >= 15 is 0 Å². The molecule has 0 rings (SSSR count). The van der Waals surface area contributed by atoms with Crippen molar-refractivity contribution in [1.82, 2.24) is 0 Å². The number of hydrogen-bond donors (Lipinski definition) is 0. The number of hydrogen-bond acceptors (Lipinski definition) is 0. The van der Waals surface area contributed by atoms with Crippen LogP contribution in [0.1, 0.15) is 6.92 Å². The van der Waals surface area contributed by atoms with Gasteiger partial charge in [-0.3, -0.25) is 0 Å². The Morgan fingerprint density at radius 3 is 1.60 bits per heavy atom. The molecule has 0 radical (unpaired) electrons. The van der Waals surface area contributed by atoms with Gasteiger partial charge in [-0.2, -0.15) is 0 Å². The molecular weight excluding hydrogens is 137 g/mol. The largest absolute Gasteiger partial charge is 2.00 e. The molecular formula is C3H3ClZn. The Labute approximate surface area is 51.5 Å². The fraction of sp³-hybridized carbons (Fsp3) is 0.333. The quantitative estimate of drug-likeness (QED) is 0.200. The van der Waals surface area contributed by atoms with Crippen LogP contribution in [0.3, 0.4) is 0 Å². The first-order valence-electron chi connectivity index (χ1n) is 0.750. The van der Waals surface area contributed by atoms with Crippen molar-refractivity contribution >= 4 is 0 Å². The molecule has 0 atom stereocenters. The number of halogens is 1. The van der Waals surface area contributed by atoms with Gasteiger partial charge in [0, 0.05) is 0 Å². The van der Waals surface area contributed by atoms with E-state index in [9.17, 15) is 0 Å². The molecule has 2 heteroatoms.